The number of halogens is 4. The minimum absolute atomic E-state index is 0.235. The molecule has 0 saturated heterocycles. The molecule has 1 N–H and O–H groups in total. The number of carbonyl (C=O) groups excluding carboxylic acids is 1. The van der Waals surface area contributed by atoms with Gasteiger partial charge in [-0.1, -0.05) is 11.6 Å². The summed E-state index contributed by atoms with van der Waals surface area (Å²) < 4.78 is 49.4. The number of nitrogens with one attached hydrogen (secondary N) is 1. The molecule has 0 spiro atoms. The lowest BCUT2D eigenvalue weighted by Gasteiger charge is -2.11. The van der Waals surface area contributed by atoms with Crippen LogP contribution in [0.5, 0.6) is 11.5 Å². The topological polar surface area (TPSA) is 65.4 Å². The molecule has 0 bridgehead atoms. The van der Waals surface area contributed by atoms with Gasteiger partial charge in [-0.15, -0.1) is 0 Å². The second-order valence-electron chi connectivity index (χ2n) is 4.65. The normalized spacial score (nSPS) is 11.3. The van der Waals surface area contributed by atoms with Crippen molar-refractivity contribution in [3.8, 4) is 11.5 Å². The van der Waals surface area contributed by atoms with Gasteiger partial charge in [0.15, 0.2) is 11.4 Å². The first-order valence-corrected chi connectivity index (χ1v) is 6.90. The molecular weight excluding hydrogens is 351 g/mol. The van der Waals surface area contributed by atoms with E-state index in [-0.39, 0.29) is 11.4 Å². The number of amides is 1. The highest BCUT2D eigenvalue weighted by atomic mass is 35.5. The number of aryl methyl sites for hydroxylation is 1. The average Bonchev–Trinajstić information content (AvgIpc) is 2.82. The van der Waals surface area contributed by atoms with Crippen LogP contribution in [0.15, 0.2) is 18.2 Å². The number of rotatable bonds is 4. The number of carbonyl (C=O) groups is 1. The first kappa shape index (κ1) is 17.9. The third-order valence-electron chi connectivity index (χ3n) is 3.13. The zero-order valence-electron chi connectivity index (χ0n) is 12.9. The molecule has 6 nitrogen and oxygen atoms in total. The van der Waals surface area contributed by atoms with E-state index < -0.39 is 28.5 Å². The van der Waals surface area contributed by atoms with Crippen LogP contribution in [0.4, 0.5) is 18.9 Å². The highest BCUT2D eigenvalue weighted by Crippen LogP contribution is 2.36. The number of hydrogen-bond acceptors (Lipinski definition) is 4. The minimum atomic E-state index is -4.73. The Morgan fingerprint density at radius 1 is 1.29 bits per heavy atom. The van der Waals surface area contributed by atoms with Crippen molar-refractivity contribution in [2.75, 3.05) is 19.5 Å². The van der Waals surface area contributed by atoms with Crippen molar-refractivity contribution in [3.63, 3.8) is 0 Å². The molecule has 0 fully saturated rings. The Morgan fingerprint density at radius 2 is 1.96 bits per heavy atom. The molecule has 24 heavy (non-hydrogen) atoms. The number of hydrogen-bond donors (Lipinski definition) is 1. The molecule has 130 valence electrons. The van der Waals surface area contributed by atoms with Crippen LogP contribution in [-0.2, 0) is 13.2 Å². The van der Waals surface area contributed by atoms with Crippen LogP contribution in [-0.4, -0.2) is 29.9 Å². The monoisotopic (exact) mass is 363 g/mol. The number of aromatic nitrogens is 2. The molecule has 0 aliphatic carbocycles. The molecule has 1 aromatic carbocycles. The predicted molar refractivity (Wildman–Crippen MR) is 80.7 cm³/mol. The Labute approximate surface area is 140 Å². The van der Waals surface area contributed by atoms with Crippen molar-refractivity contribution in [1.82, 2.24) is 9.78 Å². The zero-order chi connectivity index (χ0) is 18.1. The van der Waals surface area contributed by atoms with Crippen molar-refractivity contribution in [2.24, 2.45) is 7.05 Å². The highest BCUT2D eigenvalue weighted by molar-refractivity contribution is 6.34. The summed E-state index contributed by atoms with van der Waals surface area (Å²) in [6.07, 6.45) is -4.73. The van der Waals surface area contributed by atoms with Crippen molar-refractivity contribution < 1.29 is 27.4 Å². The van der Waals surface area contributed by atoms with Crippen LogP contribution < -0.4 is 14.8 Å². The van der Waals surface area contributed by atoms with E-state index in [9.17, 15) is 18.0 Å². The van der Waals surface area contributed by atoms with E-state index in [1.807, 2.05) is 0 Å². The van der Waals surface area contributed by atoms with Crippen LogP contribution in [0.1, 0.15) is 16.2 Å². The van der Waals surface area contributed by atoms with Gasteiger partial charge in [-0.3, -0.25) is 9.48 Å². The van der Waals surface area contributed by atoms with Gasteiger partial charge in [-0.25, -0.2) is 0 Å². The van der Waals surface area contributed by atoms with Gasteiger partial charge in [-0.05, 0) is 12.1 Å². The van der Waals surface area contributed by atoms with Gasteiger partial charge in [0, 0.05) is 13.1 Å². The fraction of sp³-hybridized carbons (Fsp3) is 0.286. The summed E-state index contributed by atoms with van der Waals surface area (Å²) in [4.78, 5) is 12.2. The molecule has 1 aromatic heterocycles. The quantitative estimate of drug-likeness (QED) is 0.904. The second kappa shape index (κ2) is 6.60. The largest absolute Gasteiger partial charge is 0.497 e. The summed E-state index contributed by atoms with van der Waals surface area (Å²) in [6, 6.07) is 4.55. The number of benzene rings is 1. The van der Waals surface area contributed by atoms with Crippen molar-refractivity contribution in [3.05, 3.63) is 34.6 Å². The number of ether oxygens (including phenoxy) is 2. The maximum Gasteiger partial charge on any atom is 0.434 e. The van der Waals surface area contributed by atoms with E-state index in [0.29, 0.717) is 10.4 Å². The maximum atomic E-state index is 12.9. The molecule has 1 heterocycles. The van der Waals surface area contributed by atoms with Crippen LogP contribution in [0.25, 0.3) is 0 Å². The van der Waals surface area contributed by atoms with Crippen LogP contribution in [0.2, 0.25) is 5.02 Å². The van der Waals surface area contributed by atoms with Crippen molar-refractivity contribution in [2.45, 2.75) is 6.18 Å². The Morgan fingerprint density at radius 3 is 2.46 bits per heavy atom. The van der Waals surface area contributed by atoms with Crippen LogP contribution in [0.3, 0.4) is 0 Å². The molecule has 0 aliphatic heterocycles. The van der Waals surface area contributed by atoms with Gasteiger partial charge in [-0.2, -0.15) is 18.3 Å². The van der Waals surface area contributed by atoms with Gasteiger partial charge >= 0.3 is 6.18 Å². The first-order chi connectivity index (χ1) is 11.2. The Bertz CT molecular complexity index is 775. The molecule has 2 rings (SSSR count). The van der Waals surface area contributed by atoms with Gasteiger partial charge in [0.2, 0.25) is 0 Å². The van der Waals surface area contributed by atoms with Gasteiger partial charge < -0.3 is 14.8 Å². The number of methoxy groups -OCH3 is 2. The van der Waals surface area contributed by atoms with E-state index in [1.54, 1.807) is 6.07 Å². The highest BCUT2D eigenvalue weighted by Gasteiger charge is 2.40. The molecule has 0 aliphatic rings. The van der Waals surface area contributed by atoms with E-state index in [4.69, 9.17) is 21.1 Å². The zero-order valence-corrected chi connectivity index (χ0v) is 13.6. The lowest BCUT2D eigenvalue weighted by Crippen LogP contribution is -2.14. The lowest BCUT2D eigenvalue weighted by molar-refractivity contribution is -0.143. The summed E-state index contributed by atoms with van der Waals surface area (Å²) >= 11 is 5.68. The molecule has 0 unspecified atom stereocenters. The first-order valence-electron chi connectivity index (χ1n) is 6.52. The van der Waals surface area contributed by atoms with E-state index in [1.165, 1.54) is 26.4 Å². The molecular formula is C14H13ClF3N3O3. The van der Waals surface area contributed by atoms with E-state index in [2.05, 4.69) is 10.4 Å². The molecule has 0 radical (unpaired) electrons. The third kappa shape index (κ3) is 3.40. The Hall–Kier alpha value is -2.42. The molecule has 0 atom stereocenters. The molecule has 1 amide bonds. The Balaban J connectivity index is 2.35. The summed E-state index contributed by atoms with van der Waals surface area (Å²) in [7, 11) is 3.89. The van der Waals surface area contributed by atoms with E-state index >= 15 is 0 Å². The standard InChI is InChI=1S/C14H13ClF3N3O3/c1-21-12(14(16,17)18)10(15)11(20-21)13(22)19-8-5-4-7(23-2)6-9(8)24-3/h4-6H,1-3H3,(H,19,22). The van der Waals surface area contributed by atoms with Crippen molar-refractivity contribution in [1.29, 1.82) is 0 Å². The molecule has 10 heteroatoms. The smallest absolute Gasteiger partial charge is 0.434 e. The number of alkyl halides is 3. The van der Waals surface area contributed by atoms with Crippen LogP contribution in [0, 0.1) is 0 Å². The summed E-state index contributed by atoms with van der Waals surface area (Å²) in [5, 5.41) is 5.20. The average molecular weight is 364 g/mol. The van der Waals surface area contributed by atoms with Gasteiger partial charge in [0.05, 0.1) is 19.9 Å². The second-order valence-corrected chi connectivity index (χ2v) is 5.03. The number of anilines is 1. The van der Waals surface area contributed by atoms with Crippen LogP contribution >= 0.6 is 11.6 Å². The van der Waals surface area contributed by atoms with E-state index in [0.717, 1.165) is 7.05 Å². The third-order valence-corrected chi connectivity index (χ3v) is 3.49. The summed E-state index contributed by atoms with van der Waals surface area (Å²) in [5.74, 6) is -0.138. The van der Waals surface area contributed by atoms with Crippen molar-refractivity contribution >= 4 is 23.2 Å². The molecule has 2 aromatic rings. The SMILES string of the molecule is COc1ccc(NC(=O)c2nn(C)c(C(F)(F)F)c2Cl)c(OC)c1. The Kier molecular flexibility index (Phi) is 4.93. The number of nitrogens with zero attached hydrogens (tertiary/aromatic N) is 2. The fourth-order valence-electron chi connectivity index (χ4n) is 2.03. The van der Waals surface area contributed by atoms with Gasteiger partial charge in [0.1, 0.15) is 16.5 Å². The summed E-state index contributed by atoms with van der Waals surface area (Å²) in [6.45, 7) is 0. The van der Waals surface area contributed by atoms with Gasteiger partial charge in [0.25, 0.3) is 5.91 Å². The lowest BCUT2D eigenvalue weighted by atomic mass is 10.2. The minimum Gasteiger partial charge on any atom is -0.497 e. The maximum absolute atomic E-state index is 12.9. The predicted octanol–water partition coefficient (Wildman–Crippen LogP) is 3.36. The fourth-order valence-corrected chi connectivity index (χ4v) is 2.39. The summed E-state index contributed by atoms with van der Waals surface area (Å²) in [5.41, 5.74) is -1.50. The molecule has 0 saturated carbocycles.